The predicted molar refractivity (Wildman–Crippen MR) is 110 cm³/mol. The van der Waals surface area contributed by atoms with Crippen LogP contribution in [0.5, 0.6) is 5.75 Å². The van der Waals surface area contributed by atoms with Gasteiger partial charge >= 0.3 is 0 Å². The Hall–Kier alpha value is -3.24. The van der Waals surface area contributed by atoms with Gasteiger partial charge < -0.3 is 14.6 Å². The molecule has 0 unspecified atom stereocenters. The maximum absolute atomic E-state index is 11.0. The first-order chi connectivity index (χ1) is 13.9. The van der Waals surface area contributed by atoms with Crippen LogP contribution in [0.15, 0.2) is 49.1 Å². The summed E-state index contributed by atoms with van der Waals surface area (Å²) in [4.78, 5) is 13.0. The van der Waals surface area contributed by atoms with Gasteiger partial charge in [-0.2, -0.15) is 8.42 Å². The molecule has 0 fully saturated rings. The van der Waals surface area contributed by atoms with Gasteiger partial charge in [-0.3, -0.25) is 14.2 Å². The zero-order chi connectivity index (χ0) is 20.4. The Bertz CT molecular complexity index is 1290. The Labute approximate surface area is 167 Å². The molecule has 4 heterocycles. The van der Waals surface area contributed by atoms with Gasteiger partial charge in [0.15, 0.2) is 0 Å². The maximum atomic E-state index is 11.0. The van der Waals surface area contributed by atoms with Gasteiger partial charge in [0.2, 0.25) is 0 Å². The Morgan fingerprint density at radius 1 is 1.07 bits per heavy atom. The molecule has 0 aromatic carbocycles. The summed E-state index contributed by atoms with van der Waals surface area (Å²) >= 11 is 0. The molecule has 1 N–H and O–H groups in total. The first-order valence-electron chi connectivity index (χ1n) is 8.79. The molecule has 0 spiro atoms. The van der Waals surface area contributed by atoms with E-state index in [9.17, 15) is 8.42 Å². The van der Waals surface area contributed by atoms with E-state index in [1.807, 2.05) is 36.0 Å². The lowest BCUT2D eigenvalue weighted by Crippen LogP contribution is -2.11. The smallest absolute Gasteiger partial charge is 0.264 e. The van der Waals surface area contributed by atoms with Gasteiger partial charge in [0, 0.05) is 36.3 Å². The molecule has 150 valence electrons. The van der Waals surface area contributed by atoms with Gasteiger partial charge in [-0.15, -0.1) is 0 Å². The second-order valence-corrected chi connectivity index (χ2v) is 8.07. The molecule has 0 radical (unpaired) electrons. The summed E-state index contributed by atoms with van der Waals surface area (Å²) in [6.07, 6.45) is 7.79. The first-order valence-corrected chi connectivity index (χ1v) is 10.6. The van der Waals surface area contributed by atoms with Gasteiger partial charge in [0.05, 0.1) is 29.9 Å². The fourth-order valence-electron chi connectivity index (χ4n) is 3.04. The number of hydrogen-bond donors (Lipinski definition) is 1. The maximum Gasteiger partial charge on any atom is 0.264 e. The largest absolute Gasteiger partial charge is 0.489 e. The van der Waals surface area contributed by atoms with Gasteiger partial charge in [-0.25, -0.2) is 4.98 Å². The van der Waals surface area contributed by atoms with E-state index >= 15 is 0 Å². The van der Waals surface area contributed by atoms with Gasteiger partial charge in [-0.05, 0) is 18.2 Å². The third-order valence-electron chi connectivity index (χ3n) is 4.28. The number of pyridine rings is 3. The molecule has 0 aliphatic heterocycles. The van der Waals surface area contributed by atoms with Crippen molar-refractivity contribution < 1.29 is 17.3 Å². The summed E-state index contributed by atoms with van der Waals surface area (Å²) < 4.78 is 34.1. The van der Waals surface area contributed by atoms with E-state index in [4.69, 9.17) is 9.72 Å². The van der Waals surface area contributed by atoms with Crippen LogP contribution < -0.4 is 10.1 Å². The number of nitrogens with one attached hydrogen (secondary N) is 1. The van der Waals surface area contributed by atoms with Crippen LogP contribution >= 0.6 is 0 Å². The van der Waals surface area contributed by atoms with Crippen molar-refractivity contribution in [2.24, 2.45) is 7.05 Å². The number of ether oxygens (including phenoxy) is 1. The highest BCUT2D eigenvalue weighted by Crippen LogP contribution is 2.28. The number of aromatic nitrogens is 4. The van der Waals surface area contributed by atoms with Crippen molar-refractivity contribution in [2.75, 3.05) is 24.8 Å². The number of anilines is 2. The lowest BCUT2D eigenvalue weighted by atomic mass is 10.2. The van der Waals surface area contributed by atoms with Crippen LogP contribution in [0.4, 0.5) is 11.5 Å². The van der Waals surface area contributed by atoms with Crippen molar-refractivity contribution in [1.29, 1.82) is 0 Å². The summed E-state index contributed by atoms with van der Waals surface area (Å²) in [5, 5.41) is 5.30. The Morgan fingerprint density at radius 3 is 2.76 bits per heavy atom. The third-order valence-corrected chi connectivity index (χ3v) is 4.87. The molecule has 4 rings (SSSR count). The van der Waals surface area contributed by atoms with Crippen molar-refractivity contribution in [3.63, 3.8) is 0 Å². The number of nitrogens with zero attached hydrogens (tertiary/aromatic N) is 4. The van der Waals surface area contributed by atoms with Gasteiger partial charge in [-0.1, -0.05) is 0 Å². The molecule has 0 atom stereocenters. The Kier molecular flexibility index (Phi) is 5.03. The van der Waals surface area contributed by atoms with Crippen LogP contribution in [0.1, 0.15) is 0 Å². The molecular formula is C19H19N5O4S. The lowest BCUT2D eigenvalue weighted by molar-refractivity contribution is 0.222. The van der Waals surface area contributed by atoms with Crippen LogP contribution in [0.25, 0.3) is 21.9 Å². The molecular weight excluding hydrogens is 394 g/mol. The summed E-state index contributed by atoms with van der Waals surface area (Å²) in [6.45, 7) is 0.0248. The van der Waals surface area contributed by atoms with Crippen molar-refractivity contribution in [3.05, 3.63) is 49.1 Å². The van der Waals surface area contributed by atoms with Crippen LogP contribution in [-0.2, 0) is 21.3 Å². The highest BCUT2D eigenvalue weighted by atomic mass is 32.2. The number of aryl methyl sites for hydroxylation is 1. The standard InChI is InChI=1S/C19H19N5O4S/c1-24-17-5-6-20-12-16(17)15-3-4-18(23-19(15)24)22-13-9-14(11-21-10-13)27-7-8-28-29(2,25)26/h3-6,9-12H,7-8H2,1-2H3,(H,22,23). The second-order valence-electron chi connectivity index (χ2n) is 6.43. The van der Waals surface area contributed by atoms with E-state index in [0.29, 0.717) is 17.3 Å². The zero-order valence-corrected chi connectivity index (χ0v) is 16.7. The predicted octanol–water partition coefficient (Wildman–Crippen LogP) is 2.62. The van der Waals surface area contributed by atoms with E-state index in [2.05, 4.69) is 19.5 Å². The molecule has 4 aromatic rings. The third kappa shape index (κ3) is 4.28. The fraction of sp³-hybridized carbons (Fsp3) is 0.211. The molecule has 0 aliphatic carbocycles. The van der Waals surface area contributed by atoms with E-state index in [1.54, 1.807) is 24.7 Å². The SMILES string of the molecule is Cn1c2ccncc2c2ccc(Nc3cncc(OCCOS(C)(=O)=O)c3)nc21. The molecule has 0 amide bonds. The minimum atomic E-state index is -3.48. The fourth-order valence-corrected chi connectivity index (χ4v) is 3.41. The lowest BCUT2D eigenvalue weighted by Gasteiger charge is -2.09. The minimum Gasteiger partial charge on any atom is -0.489 e. The van der Waals surface area contributed by atoms with E-state index in [0.717, 1.165) is 28.2 Å². The van der Waals surface area contributed by atoms with Crippen LogP contribution in [0.3, 0.4) is 0 Å². The highest BCUT2D eigenvalue weighted by molar-refractivity contribution is 7.85. The molecule has 4 aromatic heterocycles. The molecule has 0 saturated heterocycles. The highest BCUT2D eigenvalue weighted by Gasteiger charge is 2.10. The molecule has 29 heavy (non-hydrogen) atoms. The summed E-state index contributed by atoms with van der Waals surface area (Å²) in [5.41, 5.74) is 2.60. The van der Waals surface area contributed by atoms with Crippen LogP contribution in [0, 0.1) is 0 Å². The molecule has 9 nitrogen and oxygen atoms in total. The van der Waals surface area contributed by atoms with Crippen LogP contribution in [-0.4, -0.2) is 47.4 Å². The van der Waals surface area contributed by atoms with Crippen molar-refractivity contribution in [2.45, 2.75) is 0 Å². The Morgan fingerprint density at radius 2 is 1.93 bits per heavy atom. The minimum absolute atomic E-state index is 0.0649. The first kappa shape index (κ1) is 19.1. The monoisotopic (exact) mass is 413 g/mol. The molecule has 0 saturated carbocycles. The van der Waals surface area contributed by atoms with Crippen LogP contribution in [0.2, 0.25) is 0 Å². The van der Waals surface area contributed by atoms with Gasteiger partial charge in [0.25, 0.3) is 10.1 Å². The molecule has 0 bridgehead atoms. The number of rotatable bonds is 7. The summed E-state index contributed by atoms with van der Waals surface area (Å²) in [5.74, 6) is 1.15. The van der Waals surface area contributed by atoms with E-state index in [-0.39, 0.29) is 13.2 Å². The van der Waals surface area contributed by atoms with Gasteiger partial charge in [0.1, 0.15) is 30.4 Å². The second kappa shape index (κ2) is 7.64. The number of fused-ring (bicyclic) bond motifs is 3. The quantitative estimate of drug-likeness (QED) is 0.364. The van der Waals surface area contributed by atoms with E-state index < -0.39 is 10.1 Å². The molecule has 10 heteroatoms. The zero-order valence-electron chi connectivity index (χ0n) is 15.9. The van der Waals surface area contributed by atoms with Crippen molar-refractivity contribution in [3.8, 4) is 5.75 Å². The molecule has 0 aliphatic rings. The number of hydrogen-bond acceptors (Lipinski definition) is 8. The normalized spacial score (nSPS) is 11.8. The summed E-state index contributed by atoms with van der Waals surface area (Å²) in [6, 6.07) is 7.61. The van der Waals surface area contributed by atoms with Crippen molar-refractivity contribution in [1.82, 2.24) is 19.5 Å². The average Bonchev–Trinajstić information content (AvgIpc) is 2.97. The average molecular weight is 413 g/mol. The topological polar surface area (TPSA) is 108 Å². The summed E-state index contributed by atoms with van der Waals surface area (Å²) in [7, 11) is -1.51. The van der Waals surface area contributed by atoms with Crippen molar-refractivity contribution >= 4 is 43.6 Å². The van der Waals surface area contributed by atoms with E-state index in [1.165, 1.54) is 0 Å². The Balaban J connectivity index is 1.51.